The van der Waals surface area contributed by atoms with Crippen molar-refractivity contribution in [3.63, 3.8) is 0 Å². The summed E-state index contributed by atoms with van der Waals surface area (Å²) in [6, 6.07) is 9.21. The topological polar surface area (TPSA) is 37.3 Å². The van der Waals surface area contributed by atoms with Crippen LogP contribution >= 0.6 is 8.03 Å². The van der Waals surface area contributed by atoms with E-state index in [2.05, 4.69) is 6.58 Å². The summed E-state index contributed by atoms with van der Waals surface area (Å²) in [4.78, 5) is 8.94. The fraction of sp³-hybridized carbons (Fsp3) is 0.111. The van der Waals surface area contributed by atoms with Gasteiger partial charge >= 0.3 is 0 Å². The summed E-state index contributed by atoms with van der Waals surface area (Å²) in [6.07, 6.45) is 1.51. The quantitative estimate of drug-likeness (QED) is 0.575. The van der Waals surface area contributed by atoms with Crippen molar-refractivity contribution in [2.45, 2.75) is 5.66 Å². The standard InChI is InChI=1S/C9H11O2P/c1-2-9(12(10)11)8-6-4-3-5-7-8/h2-7,9,12H,1H2,(H,10,11). The highest BCUT2D eigenvalue weighted by molar-refractivity contribution is 7.38. The Hall–Kier alpha value is -0.850. The molecule has 0 radical (unpaired) electrons. The molecule has 0 aromatic heterocycles. The van der Waals surface area contributed by atoms with Gasteiger partial charge in [-0.05, 0) is 5.56 Å². The molecule has 0 aliphatic rings. The van der Waals surface area contributed by atoms with Crippen molar-refractivity contribution in [1.82, 2.24) is 0 Å². The van der Waals surface area contributed by atoms with Gasteiger partial charge in [0.1, 0.15) is 0 Å². The minimum absolute atomic E-state index is 0.406. The Morgan fingerprint density at radius 1 is 1.42 bits per heavy atom. The van der Waals surface area contributed by atoms with Crippen molar-refractivity contribution in [2.24, 2.45) is 0 Å². The van der Waals surface area contributed by atoms with Gasteiger partial charge in [0, 0.05) is 0 Å². The highest BCUT2D eigenvalue weighted by Crippen LogP contribution is 2.37. The monoisotopic (exact) mass is 182 g/mol. The van der Waals surface area contributed by atoms with Gasteiger partial charge in [-0.25, -0.2) is 0 Å². The Labute approximate surface area is 72.4 Å². The van der Waals surface area contributed by atoms with Crippen molar-refractivity contribution in [3.8, 4) is 0 Å². The average Bonchev–Trinajstić information content (AvgIpc) is 2.07. The predicted octanol–water partition coefficient (Wildman–Crippen LogP) is 2.38. The molecule has 0 saturated heterocycles. The highest BCUT2D eigenvalue weighted by Gasteiger charge is 2.11. The van der Waals surface area contributed by atoms with E-state index in [1.807, 2.05) is 30.3 Å². The van der Waals surface area contributed by atoms with Crippen LogP contribution in [0.5, 0.6) is 0 Å². The Morgan fingerprint density at radius 2 is 2.00 bits per heavy atom. The first-order valence-electron chi connectivity index (χ1n) is 3.66. The highest BCUT2D eigenvalue weighted by atomic mass is 31.1. The molecule has 1 aromatic rings. The second-order valence-electron chi connectivity index (χ2n) is 2.46. The van der Waals surface area contributed by atoms with Gasteiger partial charge in [-0.2, -0.15) is 0 Å². The fourth-order valence-corrected chi connectivity index (χ4v) is 1.72. The molecule has 1 aromatic carbocycles. The van der Waals surface area contributed by atoms with Crippen molar-refractivity contribution in [3.05, 3.63) is 48.6 Å². The lowest BCUT2D eigenvalue weighted by Gasteiger charge is -2.07. The van der Waals surface area contributed by atoms with E-state index >= 15 is 0 Å². The summed E-state index contributed by atoms with van der Waals surface area (Å²) < 4.78 is 10.8. The summed E-state index contributed by atoms with van der Waals surface area (Å²) in [5.41, 5.74) is 0.440. The zero-order valence-electron chi connectivity index (χ0n) is 6.60. The summed E-state index contributed by atoms with van der Waals surface area (Å²) in [7, 11) is -2.54. The fourth-order valence-electron chi connectivity index (χ4n) is 1.04. The number of hydrogen-bond donors (Lipinski definition) is 1. The van der Waals surface area contributed by atoms with Crippen LogP contribution in [0.1, 0.15) is 11.2 Å². The van der Waals surface area contributed by atoms with Crippen LogP contribution in [0.2, 0.25) is 0 Å². The van der Waals surface area contributed by atoms with E-state index in [-0.39, 0.29) is 0 Å². The first-order valence-corrected chi connectivity index (χ1v) is 5.09. The van der Waals surface area contributed by atoms with E-state index in [4.69, 9.17) is 4.89 Å². The molecule has 1 rings (SSSR count). The number of hydrogen-bond acceptors (Lipinski definition) is 1. The largest absolute Gasteiger partial charge is 0.346 e. The maximum Gasteiger partial charge on any atom is 0.200 e. The van der Waals surface area contributed by atoms with Crippen LogP contribution in [0.3, 0.4) is 0 Å². The third kappa shape index (κ3) is 2.07. The summed E-state index contributed by atoms with van der Waals surface area (Å²) in [6.45, 7) is 3.52. The van der Waals surface area contributed by atoms with Gasteiger partial charge in [0.2, 0.25) is 0 Å². The molecular formula is C9H11O2P. The van der Waals surface area contributed by atoms with Crippen LogP contribution in [0.25, 0.3) is 0 Å². The van der Waals surface area contributed by atoms with E-state index in [1.54, 1.807) is 0 Å². The zero-order chi connectivity index (χ0) is 8.97. The molecule has 0 bridgehead atoms. The molecule has 12 heavy (non-hydrogen) atoms. The number of allylic oxidation sites excluding steroid dienone is 1. The van der Waals surface area contributed by atoms with Crippen LogP contribution in [0.15, 0.2) is 43.0 Å². The minimum Gasteiger partial charge on any atom is -0.346 e. The lowest BCUT2D eigenvalue weighted by atomic mass is 10.1. The third-order valence-electron chi connectivity index (χ3n) is 1.66. The molecule has 64 valence electrons. The molecule has 0 spiro atoms. The van der Waals surface area contributed by atoms with E-state index in [0.29, 0.717) is 0 Å². The summed E-state index contributed by atoms with van der Waals surface area (Å²) in [5.74, 6) is 0. The maximum atomic E-state index is 10.8. The number of benzene rings is 1. The van der Waals surface area contributed by atoms with Crippen molar-refractivity contribution < 1.29 is 9.46 Å². The SMILES string of the molecule is C=CC(c1ccccc1)[PH](=O)O. The molecule has 0 fully saturated rings. The lowest BCUT2D eigenvalue weighted by molar-refractivity contribution is 0.497. The molecule has 0 aliphatic heterocycles. The van der Waals surface area contributed by atoms with E-state index in [0.717, 1.165) is 5.56 Å². The summed E-state index contributed by atoms with van der Waals surface area (Å²) >= 11 is 0. The van der Waals surface area contributed by atoms with Crippen molar-refractivity contribution in [1.29, 1.82) is 0 Å². The van der Waals surface area contributed by atoms with Crippen molar-refractivity contribution >= 4 is 8.03 Å². The Balaban J connectivity index is 2.95. The Bertz CT molecular complexity index is 282. The first-order chi connectivity index (χ1) is 5.75. The minimum atomic E-state index is -2.54. The lowest BCUT2D eigenvalue weighted by Crippen LogP contribution is -1.87. The van der Waals surface area contributed by atoms with Gasteiger partial charge in [0.15, 0.2) is 8.03 Å². The molecule has 3 heteroatoms. The van der Waals surface area contributed by atoms with Crippen molar-refractivity contribution in [2.75, 3.05) is 0 Å². The molecule has 0 heterocycles. The molecule has 2 nitrogen and oxygen atoms in total. The van der Waals surface area contributed by atoms with Gasteiger partial charge < -0.3 is 4.89 Å². The smallest absolute Gasteiger partial charge is 0.200 e. The average molecular weight is 182 g/mol. The maximum absolute atomic E-state index is 10.8. The second-order valence-corrected chi connectivity index (χ2v) is 3.76. The predicted molar refractivity (Wildman–Crippen MR) is 50.6 cm³/mol. The molecule has 2 unspecified atom stereocenters. The van der Waals surface area contributed by atoms with Gasteiger partial charge in [-0.1, -0.05) is 36.4 Å². The molecule has 1 N–H and O–H groups in total. The normalized spacial score (nSPS) is 15.1. The van der Waals surface area contributed by atoms with Gasteiger partial charge in [0.05, 0.1) is 5.66 Å². The number of rotatable bonds is 3. The van der Waals surface area contributed by atoms with Gasteiger partial charge in [-0.15, -0.1) is 6.58 Å². The van der Waals surface area contributed by atoms with Gasteiger partial charge in [-0.3, -0.25) is 4.57 Å². The Kier molecular flexibility index (Phi) is 3.27. The van der Waals surface area contributed by atoms with Crippen LogP contribution in [0, 0.1) is 0 Å². The third-order valence-corrected chi connectivity index (χ3v) is 2.76. The molecular weight excluding hydrogens is 171 g/mol. The second kappa shape index (κ2) is 4.24. The molecule has 0 amide bonds. The Morgan fingerprint density at radius 3 is 2.42 bits per heavy atom. The van der Waals surface area contributed by atoms with Gasteiger partial charge in [0.25, 0.3) is 0 Å². The molecule has 2 atom stereocenters. The van der Waals surface area contributed by atoms with Crippen LogP contribution < -0.4 is 0 Å². The van der Waals surface area contributed by atoms with Crippen LogP contribution in [-0.2, 0) is 4.57 Å². The van der Waals surface area contributed by atoms with Crippen LogP contribution in [-0.4, -0.2) is 4.89 Å². The summed E-state index contributed by atoms with van der Waals surface area (Å²) in [5, 5.41) is 0. The molecule has 0 aliphatic carbocycles. The van der Waals surface area contributed by atoms with E-state index in [9.17, 15) is 4.57 Å². The van der Waals surface area contributed by atoms with E-state index in [1.165, 1.54) is 6.08 Å². The van der Waals surface area contributed by atoms with Crippen LogP contribution in [0.4, 0.5) is 0 Å². The zero-order valence-corrected chi connectivity index (χ0v) is 7.60. The molecule has 0 saturated carbocycles. The van der Waals surface area contributed by atoms with E-state index < -0.39 is 13.7 Å². The first kappa shape index (κ1) is 9.24.